The van der Waals surface area contributed by atoms with Crippen LogP contribution in [0.3, 0.4) is 0 Å². The van der Waals surface area contributed by atoms with E-state index in [0.717, 1.165) is 117 Å². The summed E-state index contributed by atoms with van der Waals surface area (Å²) in [5.41, 5.74) is 13.6. The fourth-order valence-electron chi connectivity index (χ4n) is 9.41. The second-order valence-corrected chi connectivity index (χ2v) is 16.1. The summed E-state index contributed by atoms with van der Waals surface area (Å²) in [6.07, 6.45) is 0.806. The molecule has 0 saturated carbocycles. The Morgan fingerprint density at radius 3 is 1.71 bits per heavy atom. The van der Waals surface area contributed by atoms with Crippen LogP contribution in [0, 0.1) is 0 Å². The van der Waals surface area contributed by atoms with E-state index >= 15 is 0 Å². The van der Waals surface area contributed by atoms with Crippen LogP contribution in [-0.2, 0) is 0 Å². The van der Waals surface area contributed by atoms with Crippen LogP contribution in [0.25, 0.3) is 98.9 Å². The van der Waals surface area contributed by atoms with E-state index in [1.165, 1.54) is 10.8 Å². The minimum absolute atomic E-state index is 0.563. The summed E-state index contributed by atoms with van der Waals surface area (Å²) in [4.78, 5) is 11.2. The number of para-hydroxylation sites is 5. The predicted molar refractivity (Wildman–Crippen MR) is 259 cm³/mol. The van der Waals surface area contributed by atoms with Gasteiger partial charge in [-0.05, 0) is 98.1 Å². The summed E-state index contributed by atoms with van der Waals surface area (Å²) in [6, 6.07) is 61.7. The quantitative estimate of drug-likeness (QED) is 0.129. The Hall–Kier alpha value is -7.96. The van der Waals surface area contributed by atoms with Crippen LogP contribution in [0.4, 0.5) is 0 Å². The van der Waals surface area contributed by atoms with Crippen molar-refractivity contribution in [2.24, 2.45) is 9.98 Å². The van der Waals surface area contributed by atoms with E-state index in [2.05, 4.69) is 182 Å². The normalized spacial score (nSPS) is 13.3. The highest BCUT2D eigenvalue weighted by atomic mass is 16.3. The summed E-state index contributed by atoms with van der Waals surface area (Å²) < 4.78 is 17.5. The highest BCUT2D eigenvalue weighted by molar-refractivity contribution is 6.28. The van der Waals surface area contributed by atoms with Crippen LogP contribution < -0.4 is 0 Å². The van der Waals surface area contributed by atoms with Crippen molar-refractivity contribution < 1.29 is 8.83 Å². The molecular weight excluding hydrogens is 761 g/mol. The maximum absolute atomic E-state index is 6.43. The minimum atomic E-state index is 0.563. The molecule has 0 amide bonds. The molecular formula is C56H40N4O2. The van der Waals surface area contributed by atoms with Crippen LogP contribution >= 0.6 is 0 Å². The Labute approximate surface area is 357 Å². The molecule has 6 heteroatoms. The molecule has 0 atom stereocenters. The van der Waals surface area contributed by atoms with E-state index in [9.17, 15) is 0 Å². The zero-order valence-corrected chi connectivity index (χ0v) is 34.6. The van der Waals surface area contributed by atoms with Crippen LogP contribution in [0.5, 0.6) is 0 Å². The van der Waals surface area contributed by atoms with Crippen molar-refractivity contribution in [1.82, 2.24) is 9.13 Å². The SMILES string of the molecule is CC/C(C)=C(/N=C(\N=C(/C)c1ccc2c(c1)oc1ccccc12)n1c2ccccc2c2c1ccc1c3ccccc3n(-c3ccccc3)c12)c1ccc2c(c1)oc1ccccc12. The summed E-state index contributed by atoms with van der Waals surface area (Å²) >= 11 is 0. The number of allylic oxidation sites excluding steroid dienone is 1. The van der Waals surface area contributed by atoms with Crippen molar-refractivity contribution >= 4 is 105 Å². The molecule has 0 fully saturated rings. The summed E-state index contributed by atoms with van der Waals surface area (Å²) in [5.74, 6) is 0.563. The molecule has 0 bridgehead atoms. The first-order chi connectivity index (χ1) is 30.5. The maximum Gasteiger partial charge on any atom is 0.235 e. The van der Waals surface area contributed by atoms with Crippen molar-refractivity contribution in [3.8, 4) is 5.69 Å². The average molecular weight is 801 g/mol. The molecule has 0 spiro atoms. The van der Waals surface area contributed by atoms with E-state index in [4.69, 9.17) is 18.8 Å². The molecule has 4 aromatic heterocycles. The van der Waals surface area contributed by atoms with Gasteiger partial charge in [-0.1, -0.05) is 116 Å². The van der Waals surface area contributed by atoms with E-state index in [1.807, 2.05) is 24.3 Å². The molecule has 0 aliphatic heterocycles. The molecule has 0 unspecified atom stereocenters. The maximum atomic E-state index is 6.43. The fraction of sp³-hybridized carbons (Fsp3) is 0.0714. The van der Waals surface area contributed by atoms with Gasteiger partial charge in [0.2, 0.25) is 5.96 Å². The molecule has 8 aromatic carbocycles. The highest BCUT2D eigenvalue weighted by Crippen LogP contribution is 2.42. The molecule has 0 saturated heterocycles. The molecule has 12 rings (SSSR count). The first-order valence-electron chi connectivity index (χ1n) is 21.2. The molecule has 0 radical (unpaired) electrons. The monoisotopic (exact) mass is 800 g/mol. The number of benzene rings is 8. The van der Waals surface area contributed by atoms with Gasteiger partial charge >= 0.3 is 0 Å². The van der Waals surface area contributed by atoms with Crippen LogP contribution in [-0.4, -0.2) is 20.8 Å². The van der Waals surface area contributed by atoms with Crippen LogP contribution in [0.2, 0.25) is 0 Å². The molecule has 62 heavy (non-hydrogen) atoms. The average Bonchev–Trinajstić information content (AvgIpc) is 4.07. The molecule has 296 valence electrons. The molecule has 4 heterocycles. The number of hydrogen-bond acceptors (Lipinski definition) is 3. The lowest BCUT2D eigenvalue weighted by Crippen LogP contribution is -2.13. The van der Waals surface area contributed by atoms with E-state index < -0.39 is 0 Å². The Bertz CT molecular complexity index is 3870. The first kappa shape index (κ1) is 35.9. The molecule has 0 N–H and O–H groups in total. The Kier molecular flexibility index (Phi) is 8.16. The number of nitrogens with zero attached hydrogens (tertiary/aromatic N) is 4. The van der Waals surface area contributed by atoms with Gasteiger partial charge in [-0.25, -0.2) is 9.98 Å². The number of fused-ring (bicyclic) bond motifs is 13. The summed E-state index contributed by atoms with van der Waals surface area (Å²) in [6.45, 7) is 6.41. The third-order valence-electron chi connectivity index (χ3n) is 12.5. The third-order valence-corrected chi connectivity index (χ3v) is 12.5. The van der Waals surface area contributed by atoms with Crippen molar-refractivity contribution in [3.63, 3.8) is 0 Å². The number of hydrogen-bond donors (Lipinski definition) is 0. The lowest BCUT2D eigenvalue weighted by atomic mass is 10.0. The zero-order chi connectivity index (χ0) is 41.5. The predicted octanol–water partition coefficient (Wildman–Crippen LogP) is 15.2. The minimum Gasteiger partial charge on any atom is -0.456 e. The van der Waals surface area contributed by atoms with Crippen molar-refractivity contribution in [2.75, 3.05) is 0 Å². The molecule has 0 aliphatic carbocycles. The van der Waals surface area contributed by atoms with E-state index in [1.54, 1.807) is 0 Å². The van der Waals surface area contributed by atoms with Crippen LogP contribution in [0.15, 0.2) is 200 Å². The van der Waals surface area contributed by atoms with Crippen molar-refractivity contribution in [2.45, 2.75) is 27.2 Å². The standard InChI is InChI=1S/C56H40N4O2/c1-4-34(2)54(37-27-29-43-41-20-11-15-25-50(41)62-52(43)33-37)58-56(57-35(3)36-26-28-42-40-19-10-14-24-49(40)61-51(42)32-36)60-47-23-13-9-21-45(47)53-48(60)31-30-44-39-18-8-12-22-46(39)59(55(44)53)38-16-6-5-7-17-38/h5-33H,4H2,1-3H3/b54-34+,57-35+,58-56+. The van der Waals surface area contributed by atoms with Gasteiger partial charge in [0.15, 0.2) is 0 Å². The summed E-state index contributed by atoms with van der Waals surface area (Å²) in [5, 5.41) is 9.02. The lowest BCUT2D eigenvalue weighted by molar-refractivity contribution is 0.668. The number of aromatic nitrogens is 2. The number of furan rings is 2. The third kappa shape index (κ3) is 5.50. The van der Waals surface area contributed by atoms with Gasteiger partial charge in [-0.3, -0.25) is 4.57 Å². The Morgan fingerprint density at radius 1 is 0.468 bits per heavy atom. The second-order valence-electron chi connectivity index (χ2n) is 16.1. The summed E-state index contributed by atoms with van der Waals surface area (Å²) in [7, 11) is 0. The van der Waals surface area contributed by atoms with Crippen molar-refractivity contribution in [3.05, 3.63) is 193 Å². The Balaban J connectivity index is 1.16. The van der Waals surface area contributed by atoms with Gasteiger partial charge < -0.3 is 13.4 Å². The van der Waals surface area contributed by atoms with Gasteiger partial charge in [-0.15, -0.1) is 0 Å². The molecule has 12 aromatic rings. The van der Waals surface area contributed by atoms with Gasteiger partial charge in [0.1, 0.15) is 22.3 Å². The lowest BCUT2D eigenvalue weighted by Gasteiger charge is -2.13. The number of rotatable bonds is 5. The van der Waals surface area contributed by atoms with E-state index in [0.29, 0.717) is 5.96 Å². The van der Waals surface area contributed by atoms with Crippen LogP contribution in [0.1, 0.15) is 38.3 Å². The van der Waals surface area contributed by atoms with Gasteiger partial charge in [-0.2, -0.15) is 0 Å². The topological polar surface area (TPSA) is 60.9 Å². The van der Waals surface area contributed by atoms with E-state index in [-0.39, 0.29) is 0 Å². The molecule has 0 aliphatic rings. The van der Waals surface area contributed by atoms with Gasteiger partial charge in [0, 0.05) is 60.1 Å². The zero-order valence-electron chi connectivity index (χ0n) is 34.6. The first-order valence-corrected chi connectivity index (χ1v) is 21.2. The Morgan fingerprint density at radius 2 is 1.02 bits per heavy atom. The van der Waals surface area contributed by atoms with Gasteiger partial charge in [0.25, 0.3) is 0 Å². The fourth-order valence-corrected chi connectivity index (χ4v) is 9.41. The van der Waals surface area contributed by atoms with Crippen molar-refractivity contribution in [1.29, 1.82) is 0 Å². The second kappa shape index (κ2) is 14.1. The number of aliphatic imine (C=N–C) groups is 2. The largest absolute Gasteiger partial charge is 0.456 e. The van der Waals surface area contributed by atoms with Gasteiger partial charge in [0.05, 0.1) is 27.8 Å². The molecule has 6 nitrogen and oxygen atoms in total. The highest BCUT2D eigenvalue weighted by Gasteiger charge is 2.23. The smallest absolute Gasteiger partial charge is 0.235 e.